The zero-order valence-electron chi connectivity index (χ0n) is 12.8. The molecule has 0 unspecified atom stereocenters. The summed E-state index contributed by atoms with van der Waals surface area (Å²) in [4.78, 5) is 9.57. The molecular weight excluding hydrogens is 398 g/mol. The van der Waals surface area contributed by atoms with Crippen LogP contribution in [0.15, 0.2) is 63.1 Å². The van der Waals surface area contributed by atoms with E-state index in [1.54, 1.807) is 18.2 Å². The molecule has 0 fully saturated rings. The average Bonchev–Trinajstić information content (AvgIpc) is 2.62. The third kappa shape index (κ3) is 3.48. The summed E-state index contributed by atoms with van der Waals surface area (Å²) in [5.74, 6) is 0.0803. The molecule has 0 saturated carbocycles. The number of benzene rings is 1. The predicted molar refractivity (Wildman–Crippen MR) is 99.6 cm³/mol. The predicted octanol–water partition coefficient (Wildman–Crippen LogP) is 4.38. The SMILES string of the molecule is N#Cc1c(N)nc(Sc2ccccc2)c(C#N)c1-c1cccc(Br)n1. The summed E-state index contributed by atoms with van der Waals surface area (Å²) in [6, 6.07) is 19.0. The highest BCUT2D eigenvalue weighted by atomic mass is 79.9. The highest BCUT2D eigenvalue weighted by Crippen LogP contribution is 2.37. The van der Waals surface area contributed by atoms with Crippen LogP contribution in [0.25, 0.3) is 11.3 Å². The molecule has 1 aromatic carbocycles. The summed E-state index contributed by atoms with van der Waals surface area (Å²) in [5, 5.41) is 19.7. The number of pyridine rings is 2. The molecule has 0 saturated heterocycles. The summed E-state index contributed by atoms with van der Waals surface area (Å²) in [6.07, 6.45) is 0. The molecular formula is C18H10BrN5S. The van der Waals surface area contributed by atoms with Gasteiger partial charge < -0.3 is 5.73 Å². The molecule has 0 aliphatic heterocycles. The van der Waals surface area contributed by atoms with Crippen LogP contribution in [0.4, 0.5) is 5.82 Å². The van der Waals surface area contributed by atoms with Crippen LogP contribution in [0.3, 0.4) is 0 Å². The zero-order valence-corrected chi connectivity index (χ0v) is 15.2. The van der Waals surface area contributed by atoms with Crippen molar-refractivity contribution >= 4 is 33.5 Å². The molecule has 25 heavy (non-hydrogen) atoms. The van der Waals surface area contributed by atoms with Crippen molar-refractivity contribution in [3.8, 4) is 23.4 Å². The molecule has 0 atom stereocenters. The average molecular weight is 408 g/mol. The molecule has 0 amide bonds. The Labute approximate surface area is 157 Å². The fourth-order valence-electron chi connectivity index (χ4n) is 2.28. The van der Waals surface area contributed by atoms with Crippen molar-refractivity contribution in [1.82, 2.24) is 9.97 Å². The summed E-state index contributed by atoms with van der Waals surface area (Å²) in [5.41, 5.74) is 7.32. The van der Waals surface area contributed by atoms with Crippen molar-refractivity contribution in [1.29, 1.82) is 10.5 Å². The van der Waals surface area contributed by atoms with Gasteiger partial charge in [0.15, 0.2) is 0 Å². The number of aromatic nitrogens is 2. The Balaban J connectivity index is 2.26. The van der Waals surface area contributed by atoms with Gasteiger partial charge in [0.05, 0.1) is 11.3 Å². The molecule has 120 valence electrons. The highest BCUT2D eigenvalue weighted by molar-refractivity contribution is 9.10. The van der Waals surface area contributed by atoms with Gasteiger partial charge >= 0.3 is 0 Å². The second-order valence-corrected chi connectivity index (χ2v) is 6.79. The van der Waals surface area contributed by atoms with E-state index in [2.05, 4.69) is 32.0 Å². The molecule has 2 aromatic heterocycles. The van der Waals surface area contributed by atoms with E-state index in [-0.39, 0.29) is 16.9 Å². The van der Waals surface area contributed by atoms with E-state index >= 15 is 0 Å². The maximum Gasteiger partial charge on any atom is 0.143 e. The number of nitriles is 2. The van der Waals surface area contributed by atoms with Crippen LogP contribution in [0.1, 0.15) is 11.1 Å². The Kier molecular flexibility index (Phi) is 4.99. The lowest BCUT2D eigenvalue weighted by atomic mass is 10.0. The Morgan fingerprint density at radius 2 is 1.64 bits per heavy atom. The highest BCUT2D eigenvalue weighted by Gasteiger charge is 2.21. The van der Waals surface area contributed by atoms with Crippen molar-refractivity contribution < 1.29 is 0 Å². The number of nitrogens with two attached hydrogens (primary N) is 1. The van der Waals surface area contributed by atoms with Gasteiger partial charge in [-0.05, 0) is 40.2 Å². The normalized spacial score (nSPS) is 10.0. The molecule has 0 radical (unpaired) electrons. The number of nitrogens with zero attached hydrogens (tertiary/aromatic N) is 4. The molecule has 0 aliphatic rings. The zero-order chi connectivity index (χ0) is 17.8. The van der Waals surface area contributed by atoms with E-state index < -0.39 is 0 Å². The molecule has 7 heteroatoms. The summed E-state index contributed by atoms with van der Waals surface area (Å²) in [7, 11) is 0. The van der Waals surface area contributed by atoms with Gasteiger partial charge in [-0.2, -0.15) is 10.5 Å². The number of hydrogen-bond donors (Lipinski definition) is 1. The number of hydrogen-bond acceptors (Lipinski definition) is 6. The lowest BCUT2D eigenvalue weighted by molar-refractivity contribution is 1.11. The van der Waals surface area contributed by atoms with Crippen molar-refractivity contribution in [3.05, 3.63) is 64.3 Å². The van der Waals surface area contributed by atoms with Gasteiger partial charge in [-0.1, -0.05) is 36.0 Å². The lowest BCUT2D eigenvalue weighted by Crippen LogP contribution is -2.04. The minimum absolute atomic E-state index is 0.0803. The second-order valence-electron chi connectivity index (χ2n) is 4.91. The van der Waals surface area contributed by atoms with E-state index in [4.69, 9.17) is 5.73 Å². The van der Waals surface area contributed by atoms with Crippen molar-refractivity contribution in [3.63, 3.8) is 0 Å². The maximum atomic E-state index is 9.73. The largest absolute Gasteiger partial charge is 0.383 e. The van der Waals surface area contributed by atoms with E-state index in [1.165, 1.54) is 11.8 Å². The van der Waals surface area contributed by atoms with Crippen LogP contribution in [-0.2, 0) is 0 Å². The van der Waals surface area contributed by atoms with E-state index in [1.807, 2.05) is 36.4 Å². The van der Waals surface area contributed by atoms with Crippen molar-refractivity contribution in [2.24, 2.45) is 0 Å². The number of nitrogen functional groups attached to an aromatic ring is 1. The first kappa shape index (κ1) is 17.0. The van der Waals surface area contributed by atoms with Gasteiger partial charge in [-0.25, -0.2) is 9.97 Å². The Morgan fingerprint density at radius 1 is 0.920 bits per heavy atom. The van der Waals surface area contributed by atoms with Crippen LogP contribution in [0.5, 0.6) is 0 Å². The van der Waals surface area contributed by atoms with E-state index in [0.29, 0.717) is 20.9 Å². The van der Waals surface area contributed by atoms with Crippen molar-refractivity contribution in [2.75, 3.05) is 5.73 Å². The molecule has 0 aliphatic carbocycles. The Morgan fingerprint density at radius 3 is 2.28 bits per heavy atom. The van der Waals surface area contributed by atoms with Gasteiger partial charge in [-0.15, -0.1) is 0 Å². The number of rotatable bonds is 3. The fraction of sp³-hybridized carbons (Fsp3) is 0. The molecule has 0 spiro atoms. The molecule has 0 bridgehead atoms. The Hall–Kier alpha value is -2.87. The topological polar surface area (TPSA) is 99.4 Å². The summed E-state index contributed by atoms with van der Waals surface area (Å²) >= 11 is 4.64. The summed E-state index contributed by atoms with van der Waals surface area (Å²) in [6.45, 7) is 0. The minimum atomic E-state index is 0.0803. The van der Waals surface area contributed by atoms with Crippen LogP contribution < -0.4 is 5.73 Å². The second kappa shape index (κ2) is 7.35. The van der Waals surface area contributed by atoms with Gasteiger partial charge in [0.2, 0.25) is 0 Å². The number of halogens is 1. The Bertz CT molecular complexity index is 1020. The number of anilines is 1. The van der Waals surface area contributed by atoms with Crippen LogP contribution in [0.2, 0.25) is 0 Å². The summed E-state index contributed by atoms with van der Waals surface area (Å²) < 4.78 is 0.602. The third-order valence-electron chi connectivity index (χ3n) is 3.34. The minimum Gasteiger partial charge on any atom is -0.383 e. The van der Waals surface area contributed by atoms with Gasteiger partial charge in [-0.3, -0.25) is 0 Å². The lowest BCUT2D eigenvalue weighted by Gasteiger charge is -2.12. The quantitative estimate of drug-likeness (QED) is 0.646. The smallest absolute Gasteiger partial charge is 0.143 e. The standard InChI is InChI=1S/C18H10BrN5S/c19-15-8-4-7-14(23-15)16-12(9-20)17(22)24-18(13(16)10-21)25-11-5-2-1-3-6-11/h1-8H,(H2,22,24). The van der Waals surface area contributed by atoms with Gasteiger partial charge in [0.25, 0.3) is 0 Å². The molecule has 5 nitrogen and oxygen atoms in total. The molecule has 2 N–H and O–H groups in total. The van der Waals surface area contributed by atoms with Crippen LogP contribution >= 0.6 is 27.7 Å². The van der Waals surface area contributed by atoms with Crippen molar-refractivity contribution in [2.45, 2.75) is 9.92 Å². The fourth-order valence-corrected chi connectivity index (χ4v) is 3.53. The third-order valence-corrected chi connectivity index (χ3v) is 4.78. The van der Waals surface area contributed by atoms with Gasteiger partial charge in [0.1, 0.15) is 33.1 Å². The van der Waals surface area contributed by atoms with E-state index in [0.717, 1.165) is 4.90 Å². The first-order chi connectivity index (χ1) is 12.1. The van der Waals surface area contributed by atoms with Crippen LogP contribution in [0, 0.1) is 22.7 Å². The molecule has 2 heterocycles. The van der Waals surface area contributed by atoms with Crippen LogP contribution in [-0.4, -0.2) is 9.97 Å². The molecule has 3 rings (SSSR count). The van der Waals surface area contributed by atoms with Gasteiger partial charge in [0, 0.05) is 10.5 Å². The maximum absolute atomic E-state index is 9.73. The molecule has 3 aromatic rings. The monoisotopic (exact) mass is 407 g/mol. The van der Waals surface area contributed by atoms with E-state index in [9.17, 15) is 10.5 Å². The first-order valence-electron chi connectivity index (χ1n) is 7.13. The first-order valence-corrected chi connectivity index (χ1v) is 8.74.